The highest BCUT2D eigenvalue weighted by atomic mass is 35.5. The maximum Gasteiger partial charge on any atom is 0.159 e. The molecule has 2 nitrogen and oxygen atoms in total. The molecule has 0 spiro atoms. The minimum Gasteiger partial charge on any atom is -0.332 e. The molecule has 2 unspecified atom stereocenters. The molecule has 0 saturated carbocycles. The van der Waals surface area contributed by atoms with Crippen molar-refractivity contribution < 1.29 is 4.79 Å². The average Bonchev–Trinajstić information content (AvgIpc) is 2.79. The lowest BCUT2D eigenvalue weighted by molar-refractivity contribution is -0.110. The lowest BCUT2D eigenvalue weighted by Crippen LogP contribution is -2.21. The molecular weight excluding hydrogens is 318 g/mol. The summed E-state index contributed by atoms with van der Waals surface area (Å²) >= 11 is 14.4. The van der Waals surface area contributed by atoms with Gasteiger partial charge in [-0.3, -0.25) is 0 Å². The van der Waals surface area contributed by atoms with Crippen LogP contribution in [0.2, 0.25) is 5.02 Å². The van der Waals surface area contributed by atoms with Crippen LogP contribution >= 0.6 is 46.9 Å². The third kappa shape index (κ3) is 2.52. The number of nitrogens with one attached hydrogen (secondary N) is 1. The van der Waals surface area contributed by atoms with Crippen LogP contribution in [0.3, 0.4) is 0 Å². The van der Waals surface area contributed by atoms with Gasteiger partial charge in [0.25, 0.3) is 0 Å². The molecule has 1 N–H and O–H groups in total. The van der Waals surface area contributed by atoms with Crippen molar-refractivity contribution in [2.75, 3.05) is 5.75 Å². The molecule has 3 rings (SSSR count). The quantitative estimate of drug-likeness (QED) is 0.650. The fraction of sp³-hybridized carbons (Fsp3) is 0.231. The molecule has 6 heteroatoms. The van der Waals surface area contributed by atoms with E-state index in [-0.39, 0.29) is 11.8 Å². The second-order valence-corrected chi connectivity index (χ2v) is 7.53. The SMILES string of the molecule is O=CC1CSc2[nH]c(=S)sc2C1c1ccc(Cl)cc1. The zero-order chi connectivity index (χ0) is 13.4. The van der Waals surface area contributed by atoms with Crippen molar-refractivity contribution >= 4 is 53.2 Å². The van der Waals surface area contributed by atoms with Crippen LogP contribution in [0.4, 0.5) is 0 Å². The lowest BCUT2D eigenvalue weighted by Gasteiger charge is -2.27. The Hall–Kier alpha value is -0.620. The fourth-order valence-electron chi connectivity index (χ4n) is 2.29. The van der Waals surface area contributed by atoms with Crippen LogP contribution in [0.15, 0.2) is 29.3 Å². The lowest BCUT2D eigenvalue weighted by atomic mass is 9.87. The number of carbonyl (C=O) groups is 1. The van der Waals surface area contributed by atoms with E-state index < -0.39 is 0 Å². The van der Waals surface area contributed by atoms with Crippen molar-refractivity contribution in [1.29, 1.82) is 0 Å². The normalized spacial score (nSPS) is 21.9. The summed E-state index contributed by atoms with van der Waals surface area (Å²) in [7, 11) is 0. The maximum atomic E-state index is 11.4. The van der Waals surface area contributed by atoms with Crippen LogP contribution in [-0.2, 0) is 4.79 Å². The van der Waals surface area contributed by atoms with Gasteiger partial charge in [0.05, 0.1) is 5.03 Å². The minimum absolute atomic E-state index is 0.0138. The Balaban J connectivity index is 2.12. The Morgan fingerprint density at radius 1 is 1.37 bits per heavy atom. The van der Waals surface area contributed by atoms with Gasteiger partial charge in [-0.1, -0.05) is 23.7 Å². The summed E-state index contributed by atoms with van der Waals surface area (Å²) in [5.41, 5.74) is 1.12. The molecule has 2 heterocycles. The first-order valence-corrected chi connectivity index (χ1v) is 8.34. The number of hydrogen-bond acceptors (Lipinski definition) is 4. The van der Waals surface area contributed by atoms with E-state index in [1.165, 1.54) is 4.88 Å². The highest BCUT2D eigenvalue weighted by Crippen LogP contribution is 2.45. The molecule has 98 valence electrons. The van der Waals surface area contributed by atoms with Crippen LogP contribution in [0.25, 0.3) is 0 Å². The molecule has 0 amide bonds. The number of fused-ring (bicyclic) bond motifs is 1. The fourth-order valence-corrected chi connectivity index (χ4v) is 5.23. The summed E-state index contributed by atoms with van der Waals surface area (Å²) in [6, 6.07) is 7.72. The highest BCUT2D eigenvalue weighted by Gasteiger charge is 2.33. The molecule has 1 aliphatic heterocycles. The van der Waals surface area contributed by atoms with E-state index in [0.29, 0.717) is 5.02 Å². The summed E-state index contributed by atoms with van der Waals surface area (Å²) in [6.45, 7) is 0. The maximum absolute atomic E-state index is 11.4. The van der Waals surface area contributed by atoms with E-state index in [1.807, 2.05) is 24.3 Å². The van der Waals surface area contributed by atoms with Crippen molar-refractivity contribution in [3.8, 4) is 0 Å². The monoisotopic (exact) mass is 327 g/mol. The average molecular weight is 328 g/mol. The summed E-state index contributed by atoms with van der Waals surface area (Å²) in [6.07, 6.45) is 1.05. The number of aromatic amines is 1. The van der Waals surface area contributed by atoms with Crippen molar-refractivity contribution in [1.82, 2.24) is 4.98 Å². The molecule has 2 aromatic rings. The molecule has 1 aromatic heterocycles. The van der Waals surface area contributed by atoms with Crippen molar-refractivity contribution in [2.45, 2.75) is 10.9 Å². The van der Waals surface area contributed by atoms with Gasteiger partial charge in [0.2, 0.25) is 0 Å². The molecule has 0 bridgehead atoms. The first-order valence-electron chi connectivity index (χ1n) is 5.75. The van der Waals surface area contributed by atoms with Gasteiger partial charge < -0.3 is 9.78 Å². The van der Waals surface area contributed by atoms with E-state index in [1.54, 1.807) is 23.1 Å². The Morgan fingerprint density at radius 2 is 2.11 bits per heavy atom. The number of aromatic nitrogens is 1. The second-order valence-electron chi connectivity index (χ2n) is 4.35. The van der Waals surface area contributed by atoms with Gasteiger partial charge in [-0.25, -0.2) is 0 Å². The summed E-state index contributed by atoms with van der Waals surface area (Å²) in [5, 5.41) is 1.81. The van der Waals surface area contributed by atoms with E-state index in [2.05, 4.69) is 4.98 Å². The topological polar surface area (TPSA) is 32.9 Å². The van der Waals surface area contributed by atoms with Crippen LogP contribution in [0.5, 0.6) is 0 Å². The zero-order valence-electron chi connectivity index (χ0n) is 9.76. The van der Waals surface area contributed by atoms with E-state index in [0.717, 1.165) is 26.6 Å². The number of H-pyrrole nitrogens is 1. The largest absolute Gasteiger partial charge is 0.332 e. The number of halogens is 1. The van der Waals surface area contributed by atoms with Gasteiger partial charge >= 0.3 is 0 Å². The molecule has 1 aliphatic rings. The van der Waals surface area contributed by atoms with Gasteiger partial charge in [0.1, 0.15) is 6.29 Å². The Kier molecular flexibility index (Phi) is 3.80. The van der Waals surface area contributed by atoms with Gasteiger partial charge in [-0.05, 0) is 29.9 Å². The number of aldehydes is 1. The number of thiazole rings is 1. The first-order chi connectivity index (χ1) is 9.19. The van der Waals surface area contributed by atoms with Crippen molar-refractivity contribution in [2.24, 2.45) is 5.92 Å². The molecular formula is C13H10ClNOS3. The zero-order valence-corrected chi connectivity index (χ0v) is 13.0. The van der Waals surface area contributed by atoms with Crippen LogP contribution in [-0.4, -0.2) is 17.0 Å². The number of hydrogen-bond donors (Lipinski definition) is 1. The second kappa shape index (κ2) is 5.40. The third-order valence-corrected chi connectivity index (χ3v) is 6.04. The number of carbonyl (C=O) groups excluding carboxylic acids is 1. The molecule has 2 atom stereocenters. The predicted molar refractivity (Wildman–Crippen MR) is 83.1 cm³/mol. The van der Waals surface area contributed by atoms with Gasteiger partial charge in [-0.2, -0.15) is 0 Å². The standard InChI is InChI=1S/C13H10ClNOS3/c14-9-3-1-7(2-4-9)10-8(5-16)6-18-12-11(10)19-13(17)15-12/h1-5,8,10H,6H2,(H,15,17). The minimum atomic E-state index is -0.0138. The summed E-state index contributed by atoms with van der Waals surface area (Å²) in [4.78, 5) is 15.7. The Morgan fingerprint density at radius 3 is 2.79 bits per heavy atom. The van der Waals surface area contributed by atoms with Gasteiger partial charge in [0.15, 0.2) is 3.95 Å². The summed E-state index contributed by atoms with van der Waals surface area (Å²) < 4.78 is 0.767. The Labute approximate surface area is 129 Å². The molecule has 0 saturated heterocycles. The molecule has 1 aromatic carbocycles. The van der Waals surface area contributed by atoms with E-state index >= 15 is 0 Å². The van der Waals surface area contributed by atoms with Crippen molar-refractivity contribution in [3.05, 3.63) is 43.7 Å². The number of rotatable bonds is 2. The van der Waals surface area contributed by atoms with Crippen LogP contribution in [0.1, 0.15) is 16.4 Å². The van der Waals surface area contributed by atoms with E-state index in [9.17, 15) is 4.79 Å². The molecule has 0 radical (unpaired) electrons. The highest BCUT2D eigenvalue weighted by molar-refractivity contribution is 7.99. The molecule has 0 aliphatic carbocycles. The van der Waals surface area contributed by atoms with Crippen molar-refractivity contribution in [3.63, 3.8) is 0 Å². The smallest absolute Gasteiger partial charge is 0.159 e. The first kappa shape index (κ1) is 13.4. The van der Waals surface area contributed by atoms with Gasteiger partial charge in [0, 0.05) is 27.5 Å². The number of benzene rings is 1. The van der Waals surface area contributed by atoms with E-state index in [4.69, 9.17) is 23.8 Å². The Bertz CT molecular complexity index is 661. The predicted octanol–water partition coefficient (Wildman–Crippen LogP) is 4.51. The van der Waals surface area contributed by atoms with Crippen LogP contribution < -0.4 is 0 Å². The molecule has 0 fully saturated rings. The summed E-state index contributed by atoms with van der Waals surface area (Å²) in [5.74, 6) is 0.857. The molecule has 19 heavy (non-hydrogen) atoms. The number of thioether (sulfide) groups is 1. The third-order valence-electron chi connectivity index (χ3n) is 3.18. The van der Waals surface area contributed by atoms with Gasteiger partial charge in [-0.15, -0.1) is 23.1 Å². The van der Waals surface area contributed by atoms with Crippen LogP contribution in [0, 0.1) is 9.87 Å².